The Morgan fingerprint density at radius 1 is 1.42 bits per heavy atom. The maximum Gasteiger partial charge on any atom is 0.242 e. The Morgan fingerprint density at radius 2 is 2.26 bits per heavy atom. The summed E-state index contributed by atoms with van der Waals surface area (Å²) in [4.78, 5) is 8.09. The molecule has 0 saturated heterocycles. The number of nitrogens with two attached hydrogens (primary N) is 1. The number of nitrogens with one attached hydrogen (secondary N) is 1. The topological polar surface area (TPSA) is 99.1 Å². The first-order valence-electron chi connectivity index (χ1n) is 6.10. The zero-order valence-electron chi connectivity index (χ0n) is 11.0. The Kier molecular flexibility index (Phi) is 4.17. The van der Waals surface area contributed by atoms with Gasteiger partial charge in [0.05, 0.1) is 13.2 Å². The van der Waals surface area contributed by atoms with Crippen molar-refractivity contribution in [3.8, 4) is 5.88 Å². The van der Waals surface area contributed by atoms with Crippen molar-refractivity contribution in [2.24, 2.45) is 0 Å². The van der Waals surface area contributed by atoms with Crippen LogP contribution in [-0.2, 0) is 6.54 Å². The molecule has 2 heterocycles. The summed E-state index contributed by atoms with van der Waals surface area (Å²) in [5, 5.41) is 6.96. The van der Waals surface area contributed by atoms with E-state index in [4.69, 9.17) is 15.0 Å². The summed E-state index contributed by atoms with van der Waals surface area (Å²) in [6.07, 6.45) is 2.31. The number of ether oxygens (including phenoxy) is 1. The van der Waals surface area contributed by atoms with Crippen LogP contribution in [0.3, 0.4) is 0 Å². The Labute approximate surface area is 111 Å². The number of rotatable bonds is 6. The van der Waals surface area contributed by atoms with E-state index in [9.17, 15) is 0 Å². The van der Waals surface area contributed by atoms with E-state index >= 15 is 0 Å². The van der Waals surface area contributed by atoms with Gasteiger partial charge < -0.3 is 20.3 Å². The molecule has 0 aliphatic rings. The summed E-state index contributed by atoms with van der Waals surface area (Å²) >= 11 is 0. The van der Waals surface area contributed by atoms with E-state index in [-0.39, 0.29) is 0 Å². The first-order valence-corrected chi connectivity index (χ1v) is 6.10. The lowest BCUT2D eigenvalue weighted by atomic mass is 10.3. The number of hydrogen-bond acceptors (Lipinski definition) is 7. The average Bonchev–Trinajstić information content (AvgIpc) is 2.82. The third kappa shape index (κ3) is 3.34. The third-order valence-corrected chi connectivity index (χ3v) is 2.40. The standard InChI is InChI=1S/C12H17N5O2/c1-3-4-18-12-10(13)11(15-7-16-12)14-6-9-5-8(2)19-17-9/h5,7H,3-4,6,13H2,1-2H3,(H,14,15,16). The molecule has 0 aliphatic heterocycles. The zero-order chi connectivity index (χ0) is 13.7. The molecule has 0 bridgehead atoms. The summed E-state index contributed by atoms with van der Waals surface area (Å²) in [7, 11) is 0. The summed E-state index contributed by atoms with van der Waals surface area (Å²) in [5.41, 5.74) is 7.12. The number of anilines is 2. The second-order valence-corrected chi connectivity index (χ2v) is 4.07. The Bertz CT molecular complexity index is 541. The van der Waals surface area contributed by atoms with Gasteiger partial charge in [-0.3, -0.25) is 0 Å². The van der Waals surface area contributed by atoms with Crippen LogP contribution in [0.4, 0.5) is 11.5 Å². The van der Waals surface area contributed by atoms with Crippen molar-refractivity contribution in [3.05, 3.63) is 23.8 Å². The first-order chi connectivity index (χ1) is 9.20. The van der Waals surface area contributed by atoms with Gasteiger partial charge in [0.25, 0.3) is 0 Å². The van der Waals surface area contributed by atoms with Crippen molar-refractivity contribution in [2.75, 3.05) is 17.7 Å². The minimum absolute atomic E-state index is 0.399. The molecule has 0 fully saturated rings. The minimum atomic E-state index is 0.399. The van der Waals surface area contributed by atoms with Gasteiger partial charge in [-0.15, -0.1) is 0 Å². The smallest absolute Gasteiger partial charge is 0.242 e. The van der Waals surface area contributed by atoms with E-state index < -0.39 is 0 Å². The number of aromatic nitrogens is 3. The summed E-state index contributed by atoms with van der Waals surface area (Å²) < 4.78 is 10.4. The van der Waals surface area contributed by atoms with Gasteiger partial charge in [0.2, 0.25) is 5.88 Å². The maximum absolute atomic E-state index is 5.94. The number of aryl methyl sites for hydroxylation is 1. The highest BCUT2D eigenvalue weighted by molar-refractivity contribution is 5.66. The molecular formula is C12H17N5O2. The molecule has 2 aromatic heterocycles. The van der Waals surface area contributed by atoms with Gasteiger partial charge in [-0.05, 0) is 13.3 Å². The molecule has 0 atom stereocenters. The molecular weight excluding hydrogens is 246 g/mol. The predicted octanol–water partition coefficient (Wildman–Crippen LogP) is 1.76. The fourth-order valence-corrected chi connectivity index (χ4v) is 1.51. The fraction of sp³-hybridized carbons (Fsp3) is 0.417. The van der Waals surface area contributed by atoms with E-state index in [0.717, 1.165) is 17.9 Å². The second-order valence-electron chi connectivity index (χ2n) is 4.07. The minimum Gasteiger partial charge on any atom is -0.476 e. The molecule has 0 unspecified atom stereocenters. The van der Waals surface area contributed by atoms with E-state index in [2.05, 4.69) is 20.4 Å². The lowest BCUT2D eigenvalue weighted by molar-refractivity contribution is 0.306. The quantitative estimate of drug-likeness (QED) is 0.819. The number of nitrogens with zero attached hydrogens (tertiary/aromatic N) is 3. The van der Waals surface area contributed by atoms with E-state index in [1.807, 2.05) is 19.9 Å². The first kappa shape index (κ1) is 13.1. The summed E-state index contributed by atoms with van der Waals surface area (Å²) in [6, 6.07) is 1.85. The van der Waals surface area contributed by atoms with Crippen molar-refractivity contribution in [3.63, 3.8) is 0 Å². The monoisotopic (exact) mass is 263 g/mol. The van der Waals surface area contributed by atoms with Crippen LogP contribution >= 0.6 is 0 Å². The van der Waals surface area contributed by atoms with Crippen LogP contribution in [0.5, 0.6) is 5.88 Å². The highest BCUT2D eigenvalue weighted by atomic mass is 16.5. The second kappa shape index (κ2) is 6.03. The number of nitrogen functional groups attached to an aromatic ring is 1. The van der Waals surface area contributed by atoms with E-state index in [1.165, 1.54) is 6.33 Å². The van der Waals surface area contributed by atoms with Crippen molar-refractivity contribution in [1.82, 2.24) is 15.1 Å². The Morgan fingerprint density at radius 3 is 2.95 bits per heavy atom. The maximum atomic E-state index is 5.94. The molecule has 102 valence electrons. The normalized spacial score (nSPS) is 10.4. The van der Waals surface area contributed by atoms with Crippen LogP contribution < -0.4 is 15.8 Å². The molecule has 19 heavy (non-hydrogen) atoms. The predicted molar refractivity (Wildman–Crippen MR) is 70.8 cm³/mol. The van der Waals surface area contributed by atoms with Crippen LogP contribution in [0.15, 0.2) is 16.9 Å². The van der Waals surface area contributed by atoms with Gasteiger partial charge in [0.15, 0.2) is 5.82 Å². The lowest BCUT2D eigenvalue weighted by Crippen LogP contribution is -2.08. The Hall–Kier alpha value is -2.31. The molecule has 7 nitrogen and oxygen atoms in total. The van der Waals surface area contributed by atoms with Gasteiger partial charge in [-0.1, -0.05) is 12.1 Å². The fourth-order valence-electron chi connectivity index (χ4n) is 1.51. The lowest BCUT2D eigenvalue weighted by Gasteiger charge is -2.10. The molecule has 0 spiro atoms. The highest BCUT2D eigenvalue weighted by Crippen LogP contribution is 2.24. The molecule has 2 rings (SSSR count). The number of hydrogen-bond donors (Lipinski definition) is 2. The van der Waals surface area contributed by atoms with Crippen molar-refractivity contribution >= 4 is 11.5 Å². The van der Waals surface area contributed by atoms with E-state index in [1.54, 1.807) is 0 Å². The molecule has 0 amide bonds. The molecule has 3 N–H and O–H groups in total. The van der Waals surface area contributed by atoms with Crippen LogP contribution in [0.25, 0.3) is 0 Å². The van der Waals surface area contributed by atoms with Crippen molar-refractivity contribution < 1.29 is 9.26 Å². The van der Waals surface area contributed by atoms with Crippen molar-refractivity contribution in [1.29, 1.82) is 0 Å². The van der Waals surface area contributed by atoms with Crippen molar-refractivity contribution in [2.45, 2.75) is 26.8 Å². The van der Waals surface area contributed by atoms with Gasteiger partial charge in [-0.25, -0.2) is 4.98 Å². The summed E-state index contributed by atoms with van der Waals surface area (Å²) in [6.45, 7) is 4.91. The van der Waals surface area contributed by atoms with Crippen LogP contribution in [0.2, 0.25) is 0 Å². The summed E-state index contributed by atoms with van der Waals surface area (Å²) in [5.74, 6) is 1.69. The molecule has 0 aliphatic carbocycles. The van der Waals surface area contributed by atoms with E-state index in [0.29, 0.717) is 30.5 Å². The Balaban J connectivity index is 2.03. The molecule has 7 heteroatoms. The average molecular weight is 263 g/mol. The molecule has 0 saturated carbocycles. The molecule has 2 aromatic rings. The van der Waals surface area contributed by atoms with Gasteiger partial charge in [0.1, 0.15) is 23.5 Å². The van der Waals surface area contributed by atoms with Gasteiger partial charge in [0, 0.05) is 6.07 Å². The van der Waals surface area contributed by atoms with Gasteiger partial charge >= 0.3 is 0 Å². The SMILES string of the molecule is CCCOc1ncnc(NCc2cc(C)on2)c1N. The van der Waals surface area contributed by atoms with Gasteiger partial charge in [-0.2, -0.15) is 4.98 Å². The van der Waals surface area contributed by atoms with Crippen LogP contribution in [-0.4, -0.2) is 21.7 Å². The van der Waals surface area contributed by atoms with Crippen LogP contribution in [0, 0.1) is 6.92 Å². The van der Waals surface area contributed by atoms with Crippen LogP contribution in [0.1, 0.15) is 24.8 Å². The largest absolute Gasteiger partial charge is 0.476 e. The third-order valence-electron chi connectivity index (χ3n) is 2.40. The highest BCUT2D eigenvalue weighted by Gasteiger charge is 2.09. The zero-order valence-corrected chi connectivity index (χ0v) is 11.0. The molecule has 0 aromatic carbocycles. The molecule has 0 radical (unpaired) electrons.